The number of carbonyl (C=O) groups is 1. The molecule has 3 aromatic rings. The number of rotatable bonds is 4. The van der Waals surface area contributed by atoms with E-state index in [0.29, 0.717) is 4.88 Å². The van der Waals surface area contributed by atoms with E-state index in [-0.39, 0.29) is 11.6 Å². The largest absolute Gasteiger partial charge is 0.319 e. The summed E-state index contributed by atoms with van der Waals surface area (Å²) in [5.74, 6) is 0.955. The number of aromatic nitrogens is 3. The molecule has 3 heterocycles. The Labute approximate surface area is 167 Å². The van der Waals surface area contributed by atoms with Crippen molar-refractivity contribution in [1.29, 1.82) is 0 Å². The standard InChI is InChI=1S/C21H23FN4OS/c1-3-17-13(2)11-18(28-17)21(27)23-16-12-14(8-9-15(16)22)20-25-24-19-7-5-4-6-10-26(19)20/h8-9,11-12H,3-7,10H2,1-2H3,(H,23,27). The Morgan fingerprint density at radius 1 is 1.25 bits per heavy atom. The molecule has 0 atom stereocenters. The summed E-state index contributed by atoms with van der Waals surface area (Å²) in [6.45, 7) is 4.92. The average molecular weight is 399 g/mol. The van der Waals surface area contributed by atoms with Gasteiger partial charge < -0.3 is 9.88 Å². The number of hydrogen-bond acceptors (Lipinski definition) is 4. The van der Waals surface area contributed by atoms with Crippen LogP contribution in [0.15, 0.2) is 24.3 Å². The summed E-state index contributed by atoms with van der Waals surface area (Å²) in [4.78, 5) is 14.4. The van der Waals surface area contributed by atoms with Crippen molar-refractivity contribution in [3.63, 3.8) is 0 Å². The van der Waals surface area contributed by atoms with Gasteiger partial charge in [0.05, 0.1) is 10.6 Å². The second-order valence-electron chi connectivity index (χ2n) is 7.12. The smallest absolute Gasteiger partial charge is 0.265 e. The summed E-state index contributed by atoms with van der Waals surface area (Å²) >= 11 is 1.45. The van der Waals surface area contributed by atoms with Crippen LogP contribution in [0.5, 0.6) is 0 Å². The second-order valence-corrected chi connectivity index (χ2v) is 8.26. The van der Waals surface area contributed by atoms with Crippen LogP contribution < -0.4 is 5.32 Å². The highest BCUT2D eigenvalue weighted by Crippen LogP contribution is 2.28. The highest BCUT2D eigenvalue weighted by molar-refractivity contribution is 7.14. The van der Waals surface area contributed by atoms with Gasteiger partial charge in [-0.1, -0.05) is 13.3 Å². The molecule has 0 unspecified atom stereocenters. The van der Waals surface area contributed by atoms with E-state index in [9.17, 15) is 9.18 Å². The fourth-order valence-electron chi connectivity index (χ4n) is 3.63. The van der Waals surface area contributed by atoms with Crippen molar-refractivity contribution in [3.8, 4) is 11.4 Å². The van der Waals surface area contributed by atoms with Crippen molar-refractivity contribution in [2.75, 3.05) is 5.32 Å². The minimum absolute atomic E-state index is 0.164. The molecule has 5 nitrogen and oxygen atoms in total. The average Bonchev–Trinajstić information content (AvgIpc) is 3.19. The number of fused-ring (bicyclic) bond motifs is 1. The third-order valence-electron chi connectivity index (χ3n) is 5.15. The van der Waals surface area contributed by atoms with E-state index in [1.807, 2.05) is 13.0 Å². The molecule has 0 saturated carbocycles. The number of aryl methyl sites for hydroxylation is 3. The lowest BCUT2D eigenvalue weighted by atomic mass is 10.1. The quantitative estimate of drug-likeness (QED) is 0.673. The van der Waals surface area contributed by atoms with Gasteiger partial charge in [-0.2, -0.15) is 0 Å². The van der Waals surface area contributed by atoms with Crippen molar-refractivity contribution < 1.29 is 9.18 Å². The summed E-state index contributed by atoms with van der Waals surface area (Å²) in [5.41, 5.74) is 2.02. The first-order valence-electron chi connectivity index (χ1n) is 9.69. The normalized spacial score (nSPS) is 13.8. The molecule has 0 spiro atoms. The van der Waals surface area contributed by atoms with E-state index >= 15 is 0 Å². The van der Waals surface area contributed by atoms with Gasteiger partial charge in [0.2, 0.25) is 0 Å². The fraction of sp³-hybridized carbons (Fsp3) is 0.381. The number of halogens is 1. The Morgan fingerprint density at radius 2 is 2.11 bits per heavy atom. The molecule has 1 N–H and O–H groups in total. The minimum Gasteiger partial charge on any atom is -0.319 e. The Bertz CT molecular complexity index is 1020. The third kappa shape index (κ3) is 3.58. The van der Waals surface area contributed by atoms with Crippen LogP contribution in [0.1, 0.15) is 52.1 Å². The zero-order valence-electron chi connectivity index (χ0n) is 16.1. The van der Waals surface area contributed by atoms with Crippen molar-refractivity contribution in [3.05, 3.63) is 51.2 Å². The maximum absolute atomic E-state index is 14.4. The lowest BCUT2D eigenvalue weighted by Gasteiger charge is -2.10. The summed E-state index contributed by atoms with van der Waals surface area (Å²) in [5, 5.41) is 11.4. The molecule has 0 bridgehead atoms. The summed E-state index contributed by atoms with van der Waals surface area (Å²) < 4.78 is 16.5. The summed E-state index contributed by atoms with van der Waals surface area (Å²) in [6.07, 6.45) is 5.16. The predicted molar refractivity (Wildman–Crippen MR) is 109 cm³/mol. The van der Waals surface area contributed by atoms with E-state index in [1.54, 1.807) is 12.1 Å². The SMILES string of the molecule is CCc1sc(C(=O)Nc2cc(-c3nnc4n3CCCCC4)ccc2F)cc1C. The molecule has 7 heteroatoms. The number of anilines is 1. The third-order valence-corrected chi connectivity index (χ3v) is 6.53. The Kier molecular flexibility index (Phi) is 5.26. The monoisotopic (exact) mass is 398 g/mol. The Morgan fingerprint density at radius 3 is 2.89 bits per heavy atom. The van der Waals surface area contributed by atoms with Gasteiger partial charge in [-0.05, 0) is 56.0 Å². The van der Waals surface area contributed by atoms with Gasteiger partial charge in [-0.15, -0.1) is 21.5 Å². The van der Waals surface area contributed by atoms with E-state index < -0.39 is 5.82 Å². The van der Waals surface area contributed by atoms with Gasteiger partial charge in [0, 0.05) is 23.4 Å². The second kappa shape index (κ2) is 7.83. The number of benzene rings is 1. The van der Waals surface area contributed by atoms with Crippen molar-refractivity contribution >= 4 is 22.9 Å². The lowest BCUT2D eigenvalue weighted by molar-refractivity contribution is 0.103. The molecule has 0 aliphatic carbocycles. The van der Waals surface area contributed by atoms with E-state index in [1.165, 1.54) is 28.7 Å². The van der Waals surface area contributed by atoms with Crippen LogP contribution in [0.3, 0.4) is 0 Å². The van der Waals surface area contributed by atoms with E-state index in [2.05, 4.69) is 27.0 Å². The molecule has 2 aromatic heterocycles. The molecule has 1 aliphatic heterocycles. The van der Waals surface area contributed by atoms with Crippen LogP contribution in [0, 0.1) is 12.7 Å². The van der Waals surface area contributed by atoms with Gasteiger partial charge in [-0.25, -0.2) is 4.39 Å². The van der Waals surface area contributed by atoms with E-state index in [0.717, 1.165) is 55.0 Å². The summed E-state index contributed by atoms with van der Waals surface area (Å²) in [6, 6.07) is 6.58. The van der Waals surface area contributed by atoms with Crippen LogP contribution in [0.2, 0.25) is 0 Å². The highest BCUT2D eigenvalue weighted by atomic mass is 32.1. The molecule has 1 aliphatic rings. The van der Waals surface area contributed by atoms with Gasteiger partial charge in [-0.3, -0.25) is 4.79 Å². The number of amides is 1. The molecule has 0 saturated heterocycles. The molecule has 146 valence electrons. The first-order valence-corrected chi connectivity index (χ1v) is 10.5. The lowest BCUT2D eigenvalue weighted by Crippen LogP contribution is -2.12. The molecule has 0 fully saturated rings. The molecule has 28 heavy (non-hydrogen) atoms. The van der Waals surface area contributed by atoms with Crippen molar-refractivity contribution in [2.24, 2.45) is 0 Å². The van der Waals surface area contributed by atoms with Gasteiger partial charge in [0.1, 0.15) is 11.6 Å². The maximum atomic E-state index is 14.4. The highest BCUT2D eigenvalue weighted by Gasteiger charge is 2.18. The van der Waals surface area contributed by atoms with E-state index in [4.69, 9.17) is 0 Å². The van der Waals surface area contributed by atoms with Gasteiger partial charge >= 0.3 is 0 Å². The number of nitrogens with one attached hydrogen (secondary N) is 1. The molecule has 0 radical (unpaired) electrons. The summed E-state index contributed by atoms with van der Waals surface area (Å²) in [7, 11) is 0. The Balaban J connectivity index is 1.63. The number of thiophene rings is 1. The zero-order valence-corrected chi connectivity index (χ0v) is 16.9. The Hall–Kier alpha value is -2.54. The first kappa shape index (κ1) is 18.8. The molecule has 4 rings (SSSR count). The van der Waals surface area contributed by atoms with Crippen molar-refractivity contribution in [1.82, 2.24) is 14.8 Å². The van der Waals surface area contributed by atoms with Crippen LogP contribution in [-0.4, -0.2) is 20.7 Å². The van der Waals surface area contributed by atoms with Crippen LogP contribution in [0.4, 0.5) is 10.1 Å². The van der Waals surface area contributed by atoms with Crippen LogP contribution >= 0.6 is 11.3 Å². The van der Waals surface area contributed by atoms with Gasteiger partial charge in [0.25, 0.3) is 5.91 Å². The minimum atomic E-state index is -0.461. The number of nitrogens with zero attached hydrogens (tertiary/aromatic N) is 3. The molecule has 1 amide bonds. The van der Waals surface area contributed by atoms with Gasteiger partial charge in [0.15, 0.2) is 5.82 Å². The number of hydrogen-bond donors (Lipinski definition) is 1. The first-order chi connectivity index (χ1) is 13.6. The maximum Gasteiger partial charge on any atom is 0.265 e. The molecule has 1 aromatic carbocycles. The fourth-order valence-corrected chi connectivity index (χ4v) is 4.63. The molecular weight excluding hydrogens is 375 g/mol. The number of carbonyl (C=O) groups excluding carboxylic acids is 1. The zero-order chi connectivity index (χ0) is 19.7. The van der Waals surface area contributed by atoms with Crippen LogP contribution in [-0.2, 0) is 19.4 Å². The van der Waals surface area contributed by atoms with Crippen LogP contribution in [0.25, 0.3) is 11.4 Å². The topological polar surface area (TPSA) is 59.8 Å². The predicted octanol–water partition coefficient (Wildman–Crippen LogP) is 5.00. The molecular formula is C21H23FN4OS. The van der Waals surface area contributed by atoms with Crippen molar-refractivity contribution in [2.45, 2.75) is 52.5 Å².